The summed E-state index contributed by atoms with van der Waals surface area (Å²) in [5.41, 5.74) is 21.0. The van der Waals surface area contributed by atoms with E-state index in [-0.39, 0.29) is 0 Å². The summed E-state index contributed by atoms with van der Waals surface area (Å²) in [7, 11) is 0. The van der Waals surface area contributed by atoms with Crippen LogP contribution < -0.4 is 38.5 Å². The molecule has 8 heteroatoms. The average Bonchev–Trinajstić information content (AvgIpc) is 0.700. The van der Waals surface area contributed by atoms with Gasteiger partial charge in [0.25, 0.3) is 0 Å². The van der Waals surface area contributed by atoms with Gasteiger partial charge in [0.1, 0.15) is 46.0 Å². The molecule has 0 saturated carbocycles. The van der Waals surface area contributed by atoms with E-state index in [1.54, 1.807) is 0 Å². The molecule has 0 radical (unpaired) electrons. The molecule has 0 N–H and O–H groups in total. The predicted molar refractivity (Wildman–Crippen MR) is 433 cm³/mol. The van der Waals surface area contributed by atoms with Crippen molar-refractivity contribution >= 4 is 101 Å². The van der Waals surface area contributed by atoms with Crippen LogP contribution in [0.25, 0.3) is 32.3 Å². The second-order valence-corrected chi connectivity index (χ2v) is 27.2. The molecule has 0 unspecified atom stereocenters. The smallest absolute Gasteiger partial charge is 0.127 e. The zero-order valence-corrected chi connectivity index (χ0v) is 59.6. The molecule has 506 valence electrons. The first-order valence-electron chi connectivity index (χ1n) is 35.4. The Morgan fingerprint density at radius 2 is 0.279 bits per heavy atom. The lowest BCUT2D eigenvalue weighted by Crippen LogP contribution is -2.16. The quantitative estimate of drug-likeness (QED) is 0.0700. The number of hydrogen-bond acceptors (Lipinski definition) is 8. The van der Waals surface area contributed by atoms with Crippen LogP contribution in [-0.2, 0) is 0 Å². The van der Waals surface area contributed by atoms with Gasteiger partial charge >= 0.3 is 0 Å². The maximum Gasteiger partial charge on any atom is 0.127 e. The van der Waals surface area contributed by atoms with Crippen molar-refractivity contribution in [3.63, 3.8) is 0 Å². The number of aryl methyl sites for hydroxylation is 8. The lowest BCUT2D eigenvalue weighted by Gasteiger charge is -2.34. The van der Waals surface area contributed by atoms with E-state index >= 15 is 0 Å². The molecule has 8 nitrogen and oxygen atoms in total. The molecule has 16 aromatic rings. The van der Waals surface area contributed by atoms with Gasteiger partial charge in [0.2, 0.25) is 0 Å². The first kappa shape index (κ1) is 65.6. The van der Waals surface area contributed by atoms with Crippen LogP contribution in [0.5, 0.6) is 46.0 Å². The number of anilines is 12. The Morgan fingerprint density at radius 3 is 0.433 bits per heavy atom. The van der Waals surface area contributed by atoms with Crippen LogP contribution in [0.3, 0.4) is 0 Å². The highest BCUT2D eigenvalue weighted by atomic mass is 16.5. The molecule has 0 spiro atoms. The Morgan fingerprint density at radius 1 is 0.154 bits per heavy atom. The largest absolute Gasteiger partial charge is 0.457 e. The van der Waals surface area contributed by atoms with Crippen molar-refractivity contribution in [2.24, 2.45) is 0 Å². The van der Waals surface area contributed by atoms with Crippen molar-refractivity contribution < 1.29 is 18.9 Å². The molecule has 0 aromatic heterocycles. The standard InChI is InChI=1S/C96H78N4O4/c1-63-9-25-71(26-10-63)97(75-33-49-83(50-34-75)101-79-41-17-67(5)18-42-79)91-61-92(98(72-27-11-64(2)12-28-72)76-35-51-84(52-36-76)102-80-43-19-68(6)20-44-80)88-59-60-90-94(100(74-31-15-66(4)16-32-74)78-39-55-86(56-40-78)104-82-47-23-70(8)24-48-82)62-93(89-58-57-87(91)95(88)96(89)90)99(73-29-13-65(3)14-30-73)77-37-53-85(54-38-77)103-81-45-21-69(7)22-46-81/h9-62H,1-8H3. The third-order valence-electron chi connectivity index (χ3n) is 19.4. The van der Waals surface area contributed by atoms with E-state index in [9.17, 15) is 0 Å². The molecule has 0 amide bonds. The topological polar surface area (TPSA) is 49.9 Å². The van der Waals surface area contributed by atoms with Gasteiger partial charge in [0, 0.05) is 77.8 Å². The first-order chi connectivity index (χ1) is 50.7. The highest BCUT2D eigenvalue weighted by Gasteiger charge is 2.30. The van der Waals surface area contributed by atoms with Crippen molar-refractivity contribution in [3.05, 3.63) is 372 Å². The fraction of sp³-hybridized carbons (Fsp3) is 0.0833. The normalized spacial score (nSPS) is 11.3. The van der Waals surface area contributed by atoms with Crippen molar-refractivity contribution in [1.29, 1.82) is 0 Å². The molecule has 16 rings (SSSR count). The maximum atomic E-state index is 6.56. The molecular formula is C96H78N4O4. The number of hydrogen-bond donors (Lipinski definition) is 0. The molecule has 0 saturated heterocycles. The molecule has 104 heavy (non-hydrogen) atoms. The van der Waals surface area contributed by atoms with Gasteiger partial charge in [-0.3, -0.25) is 0 Å². The summed E-state index contributed by atoms with van der Waals surface area (Å²) in [6, 6.07) is 116. The Balaban J connectivity index is 1.000. The summed E-state index contributed by atoms with van der Waals surface area (Å²) in [4.78, 5) is 9.65. The Labute approximate surface area is 609 Å². The molecular weight excluding hydrogens is 1270 g/mol. The minimum atomic E-state index is 0.732. The number of ether oxygens (including phenoxy) is 4. The highest BCUT2D eigenvalue weighted by molar-refractivity contribution is 6.33. The van der Waals surface area contributed by atoms with Gasteiger partial charge in [-0.05, 0) is 262 Å². The van der Waals surface area contributed by atoms with Gasteiger partial charge in [-0.15, -0.1) is 0 Å². The van der Waals surface area contributed by atoms with Gasteiger partial charge in [0.15, 0.2) is 0 Å². The third kappa shape index (κ3) is 13.6. The molecule has 0 aliphatic carbocycles. The summed E-state index contributed by atoms with van der Waals surface area (Å²) in [6.07, 6.45) is 0. The molecule has 0 aliphatic heterocycles. The molecule has 0 bridgehead atoms. The Kier molecular flexibility index (Phi) is 17.8. The van der Waals surface area contributed by atoms with Crippen LogP contribution >= 0.6 is 0 Å². The predicted octanol–water partition coefficient (Wildman–Crippen LogP) is 28.1. The zero-order chi connectivity index (χ0) is 71.0. The van der Waals surface area contributed by atoms with Crippen LogP contribution in [0.15, 0.2) is 328 Å². The minimum absolute atomic E-state index is 0.732. The van der Waals surface area contributed by atoms with E-state index in [4.69, 9.17) is 18.9 Å². The first-order valence-corrected chi connectivity index (χ1v) is 35.4. The second-order valence-electron chi connectivity index (χ2n) is 27.2. The summed E-state index contributed by atoms with van der Waals surface area (Å²) >= 11 is 0. The van der Waals surface area contributed by atoms with Crippen LogP contribution in [0.1, 0.15) is 44.5 Å². The van der Waals surface area contributed by atoms with Gasteiger partial charge in [0.05, 0.1) is 22.7 Å². The summed E-state index contributed by atoms with van der Waals surface area (Å²) in [6.45, 7) is 16.9. The second kappa shape index (κ2) is 28.2. The lowest BCUT2D eigenvalue weighted by atomic mass is 9.89. The van der Waals surface area contributed by atoms with E-state index in [2.05, 4.69) is 354 Å². The molecule has 0 atom stereocenters. The Bertz CT molecular complexity index is 4970. The molecule has 0 aliphatic rings. The van der Waals surface area contributed by atoms with Gasteiger partial charge in [-0.2, -0.15) is 0 Å². The van der Waals surface area contributed by atoms with E-state index < -0.39 is 0 Å². The third-order valence-corrected chi connectivity index (χ3v) is 19.4. The summed E-state index contributed by atoms with van der Waals surface area (Å²) in [5, 5.41) is 6.37. The SMILES string of the molecule is Cc1ccc(Oc2ccc(N(c3ccc(C)cc3)c3cc(N(c4ccc(C)cc4)c4ccc(Oc5ccc(C)cc5)cc4)c4ccc5c(N(c6ccc(C)cc6)c6ccc(Oc7ccc(C)cc7)cc6)cc(N(c6ccc(C)cc6)c6ccc(Oc7ccc(C)cc7)cc6)c6ccc3c4c65)cc2)cc1. The fourth-order valence-electron chi connectivity index (χ4n) is 13.8. The summed E-state index contributed by atoms with van der Waals surface area (Å²) < 4.78 is 26.2. The van der Waals surface area contributed by atoms with Crippen molar-refractivity contribution in [2.45, 2.75) is 55.4 Å². The highest BCUT2D eigenvalue weighted by Crippen LogP contribution is 2.56. The van der Waals surface area contributed by atoms with Crippen molar-refractivity contribution in [1.82, 2.24) is 0 Å². The minimum Gasteiger partial charge on any atom is -0.457 e. The van der Waals surface area contributed by atoms with E-state index in [0.717, 1.165) is 169 Å². The fourth-order valence-corrected chi connectivity index (χ4v) is 13.8. The number of rotatable bonds is 20. The monoisotopic (exact) mass is 1350 g/mol. The van der Waals surface area contributed by atoms with Gasteiger partial charge in [-0.1, -0.05) is 166 Å². The maximum absolute atomic E-state index is 6.56. The lowest BCUT2D eigenvalue weighted by molar-refractivity contribution is 0.482. The van der Waals surface area contributed by atoms with E-state index in [1.165, 1.54) is 22.3 Å². The van der Waals surface area contributed by atoms with Crippen LogP contribution in [-0.4, -0.2) is 0 Å². The van der Waals surface area contributed by atoms with Crippen LogP contribution in [0, 0.1) is 55.4 Å². The van der Waals surface area contributed by atoms with E-state index in [0.29, 0.717) is 0 Å². The number of nitrogens with zero attached hydrogens (tertiary/aromatic N) is 4. The molecule has 0 fully saturated rings. The van der Waals surface area contributed by atoms with Crippen molar-refractivity contribution in [2.75, 3.05) is 19.6 Å². The average molecular weight is 1350 g/mol. The van der Waals surface area contributed by atoms with Crippen molar-refractivity contribution in [3.8, 4) is 46.0 Å². The van der Waals surface area contributed by atoms with E-state index in [1.807, 2.05) is 48.5 Å². The van der Waals surface area contributed by atoms with Gasteiger partial charge in [-0.25, -0.2) is 0 Å². The molecule has 16 aromatic carbocycles. The van der Waals surface area contributed by atoms with Gasteiger partial charge < -0.3 is 38.5 Å². The zero-order valence-electron chi connectivity index (χ0n) is 59.6. The Hall–Kier alpha value is -13.0. The van der Waals surface area contributed by atoms with Crippen LogP contribution in [0.4, 0.5) is 68.2 Å². The van der Waals surface area contributed by atoms with Crippen LogP contribution in [0.2, 0.25) is 0 Å². The number of benzene rings is 16. The molecule has 0 heterocycles. The summed E-state index contributed by atoms with van der Waals surface area (Å²) in [5.74, 6) is 6.02.